The lowest BCUT2D eigenvalue weighted by Gasteiger charge is -2.13. The molecule has 0 aliphatic rings. The van der Waals surface area contributed by atoms with Crippen LogP contribution in [-0.4, -0.2) is 19.4 Å². The Bertz CT molecular complexity index is 241. The minimum Gasteiger partial charge on any atom is -0.329 e. The van der Waals surface area contributed by atoms with Crippen LogP contribution in [0.3, 0.4) is 0 Å². The van der Waals surface area contributed by atoms with E-state index in [0.29, 0.717) is 6.61 Å². The van der Waals surface area contributed by atoms with Crippen molar-refractivity contribution in [2.24, 2.45) is 0 Å². The van der Waals surface area contributed by atoms with Crippen molar-refractivity contribution < 1.29 is 9.09 Å². The number of hydrogen-bond acceptors (Lipinski definition) is 2. The second-order valence-electron chi connectivity index (χ2n) is 6.11. The Labute approximate surface area is 127 Å². The summed E-state index contributed by atoms with van der Waals surface area (Å²) in [5.41, 5.74) is 0. The fourth-order valence-electron chi connectivity index (χ4n) is 2.38. The van der Waals surface area contributed by atoms with E-state index in [0.717, 1.165) is 19.0 Å². The number of unbranched alkanes of at least 4 members (excludes halogenated alkanes) is 10. The highest BCUT2D eigenvalue weighted by Gasteiger charge is 2.14. The summed E-state index contributed by atoms with van der Waals surface area (Å²) in [6.07, 6.45) is 15.8. The molecule has 0 radical (unpaired) electrons. The van der Waals surface area contributed by atoms with Crippen LogP contribution in [0.5, 0.6) is 0 Å². The normalized spacial score (nSPS) is 14.3. The van der Waals surface area contributed by atoms with Crippen LogP contribution in [0, 0.1) is 0 Å². The predicted octanol–water partition coefficient (Wildman–Crippen LogP) is 6.63. The molecule has 0 spiro atoms. The van der Waals surface area contributed by atoms with E-state index in [1.807, 2.05) is 6.66 Å². The topological polar surface area (TPSA) is 26.3 Å². The van der Waals surface area contributed by atoms with Gasteiger partial charge in [-0.3, -0.25) is 4.57 Å². The van der Waals surface area contributed by atoms with Crippen LogP contribution in [0.4, 0.5) is 0 Å². The number of rotatable bonds is 15. The molecule has 2 nitrogen and oxygen atoms in total. The van der Waals surface area contributed by atoms with E-state index in [1.54, 1.807) is 0 Å². The van der Waals surface area contributed by atoms with Gasteiger partial charge in [-0.15, -0.1) is 0 Å². The van der Waals surface area contributed by atoms with Crippen LogP contribution in [0.15, 0.2) is 0 Å². The number of hydrogen-bond donors (Lipinski definition) is 0. The van der Waals surface area contributed by atoms with Crippen molar-refractivity contribution in [2.45, 2.75) is 90.9 Å². The predicted molar refractivity (Wildman–Crippen MR) is 91.1 cm³/mol. The summed E-state index contributed by atoms with van der Waals surface area (Å²) in [7, 11) is -2.31. The molecular formula is C17H37O2P. The summed E-state index contributed by atoms with van der Waals surface area (Å²) in [4.78, 5) is 0. The molecule has 0 aromatic carbocycles. The van der Waals surface area contributed by atoms with Crippen LogP contribution >= 0.6 is 7.37 Å². The molecule has 0 saturated heterocycles. The molecular weight excluding hydrogens is 267 g/mol. The minimum absolute atomic E-state index is 0.690. The van der Waals surface area contributed by atoms with Crippen LogP contribution in [0.1, 0.15) is 90.9 Å². The molecule has 1 atom stereocenters. The largest absolute Gasteiger partial charge is 0.329 e. The first-order valence-electron chi connectivity index (χ1n) is 8.83. The van der Waals surface area contributed by atoms with Gasteiger partial charge < -0.3 is 4.52 Å². The lowest BCUT2D eigenvalue weighted by molar-refractivity contribution is 0.304. The summed E-state index contributed by atoms with van der Waals surface area (Å²) >= 11 is 0. The van der Waals surface area contributed by atoms with Crippen molar-refractivity contribution in [1.82, 2.24) is 0 Å². The van der Waals surface area contributed by atoms with Gasteiger partial charge in [-0.05, 0) is 12.8 Å². The Morgan fingerprint density at radius 3 is 1.70 bits per heavy atom. The molecule has 0 N–H and O–H groups in total. The molecule has 0 rings (SSSR count). The third kappa shape index (κ3) is 14.6. The molecule has 122 valence electrons. The molecule has 3 heteroatoms. The maximum Gasteiger partial charge on any atom is 0.200 e. The van der Waals surface area contributed by atoms with Gasteiger partial charge in [0.05, 0.1) is 6.61 Å². The van der Waals surface area contributed by atoms with Crippen molar-refractivity contribution in [3.63, 3.8) is 0 Å². The van der Waals surface area contributed by atoms with Crippen LogP contribution in [0.25, 0.3) is 0 Å². The third-order valence-corrected chi connectivity index (χ3v) is 5.64. The first-order valence-corrected chi connectivity index (χ1v) is 11.1. The van der Waals surface area contributed by atoms with Crippen molar-refractivity contribution in [3.05, 3.63) is 0 Å². The maximum absolute atomic E-state index is 12.2. The maximum atomic E-state index is 12.2. The molecule has 0 bridgehead atoms. The van der Waals surface area contributed by atoms with Crippen molar-refractivity contribution in [3.8, 4) is 0 Å². The molecule has 0 heterocycles. The van der Waals surface area contributed by atoms with Crippen molar-refractivity contribution in [2.75, 3.05) is 19.4 Å². The molecule has 0 aliphatic carbocycles. The Kier molecular flexibility index (Phi) is 14.3. The second kappa shape index (κ2) is 14.1. The minimum atomic E-state index is -2.31. The standard InChI is InChI=1S/C17H37O2P/c1-4-6-8-10-12-14-16-19-20(3,18)17-15-13-11-9-7-5-2/h4-17H2,1-3H3. The summed E-state index contributed by atoms with van der Waals surface area (Å²) in [5.74, 6) is 0. The van der Waals surface area contributed by atoms with Crippen molar-refractivity contribution >= 4 is 7.37 Å². The van der Waals surface area contributed by atoms with Gasteiger partial charge in [0, 0.05) is 12.8 Å². The van der Waals surface area contributed by atoms with Crippen LogP contribution in [0.2, 0.25) is 0 Å². The molecule has 20 heavy (non-hydrogen) atoms. The van der Waals surface area contributed by atoms with Gasteiger partial charge in [0.25, 0.3) is 0 Å². The molecule has 0 saturated carbocycles. The van der Waals surface area contributed by atoms with Gasteiger partial charge in [-0.2, -0.15) is 0 Å². The Balaban J connectivity index is 3.38. The van der Waals surface area contributed by atoms with Gasteiger partial charge in [0.2, 0.25) is 0 Å². The fraction of sp³-hybridized carbons (Fsp3) is 1.00. The first kappa shape index (κ1) is 20.2. The summed E-state index contributed by atoms with van der Waals surface area (Å²) in [6.45, 7) is 6.97. The van der Waals surface area contributed by atoms with Crippen LogP contribution in [-0.2, 0) is 9.09 Å². The van der Waals surface area contributed by atoms with E-state index in [2.05, 4.69) is 13.8 Å². The third-order valence-electron chi connectivity index (χ3n) is 3.78. The molecule has 0 fully saturated rings. The Morgan fingerprint density at radius 2 is 1.15 bits per heavy atom. The summed E-state index contributed by atoms with van der Waals surface area (Å²) < 4.78 is 17.8. The van der Waals surface area contributed by atoms with E-state index < -0.39 is 7.37 Å². The van der Waals surface area contributed by atoms with E-state index in [-0.39, 0.29) is 0 Å². The van der Waals surface area contributed by atoms with E-state index in [1.165, 1.54) is 64.2 Å². The first-order chi connectivity index (χ1) is 9.62. The quantitative estimate of drug-likeness (QED) is 0.250. The zero-order valence-corrected chi connectivity index (χ0v) is 15.1. The summed E-state index contributed by atoms with van der Waals surface area (Å²) in [6, 6.07) is 0. The second-order valence-corrected chi connectivity index (χ2v) is 8.84. The molecule has 0 aliphatic heterocycles. The van der Waals surface area contributed by atoms with Gasteiger partial charge in [0.1, 0.15) is 0 Å². The zero-order chi connectivity index (χ0) is 15.1. The van der Waals surface area contributed by atoms with E-state index in [4.69, 9.17) is 4.52 Å². The van der Waals surface area contributed by atoms with Crippen molar-refractivity contribution in [1.29, 1.82) is 0 Å². The lowest BCUT2D eigenvalue weighted by atomic mass is 10.1. The monoisotopic (exact) mass is 304 g/mol. The highest BCUT2D eigenvalue weighted by molar-refractivity contribution is 7.58. The Hall–Kier alpha value is 0.190. The average Bonchev–Trinajstić information content (AvgIpc) is 2.41. The smallest absolute Gasteiger partial charge is 0.200 e. The van der Waals surface area contributed by atoms with E-state index >= 15 is 0 Å². The van der Waals surface area contributed by atoms with Crippen LogP contribution < -0.4 is 0 Å². The highest BCUT2D eigenvalue weighted by Crippen LogP contribution is 2.43. The van der Waals surface area contributed by atoms with Gasteiger partial charge >= 0.3 is 0 Å². The SMILES string of the molecule is CCCCCCCCOP(C)(=O)CCCCCCCC. The lowest BCUT2D eigenvalue weighted by Crippen LogP contribution is -1.97. The molecule has 0 aromatic heterocycles. The van der Waals surface area contributed by atoms with Gasteiger partial charge in [-0.1, -0.05) is 78.1 Å². The molecule has 0 aromatic rings. The Morgan fingerprint density at radius 1 is 0.700 bits per heavy atom. The fourth-order valence-corrected chi connectivity index (χ4v) is 3.83. The zero-order valence-electron chi connectivity index (χ0n) is 14.2. The van der Waals surface area contributed by atoms with Gasteiger partial charge in [0.15, 0.2) is 7.37 Å². The average molecular weight is 304 g/mol. The highest BCUT2D eigenvalue weighted by atomic mass is 31.2. The van der Waals surface area contributed by atoms with Gasteiger partial charge in [-0.25, -0.2) is 0 Å². The molecule has 1 unspecified atom stereocenters. The molecule has 0 amide bonds. The summed E-state index contributed by atoms with van der Waals surface area (Å²) in [5, 5.41) is 0. The van der Waals surface area contributed by atoms with E-state index in [9.17, 15) is 4.57 Å².